The molecule has 1 aromatic carbocycles. The molecule has 0 saturated carbocycles. The van der Waals surface area contributed by atoms with Crippen LogP contribution in [0.1, 0.15) is 6.92 Å². The third kappa shape index (κ3) is 3.02. The van der Waals surface area contributed by atoms with Gasteiger partial charge in [0.2, 0.25) is 0 Å². The largest absolute Gasteiger partial charge is 0.350 e. The first-order valence-electron chi connectivity index (χ1n) is 8.19. The summed E-state index contributed by atoms with van der Waals surface area (Å²) in [5.74, 6) is 1.19. The van der Waals surface area contributed by atoms with Crippen molar-refractivity contribution < 1.29 is 4.39 Å². The summed E-state index contributed by atoms with van der Waals surface area (Å²) in [7, 11) is 0. The van der Waals surface area contributed by atoms with Crippen LogP contribution in [-0.2, 0) is 0 Å². The Morgan fingerprint density at radius 1 is 1.08 bits per heavy atom. The average molecular weight is 339 g/mol. The summed E-state index contributed by atoms with van der Waals surface area (Å²) in [5, 5.41) is 12.2. The van der Waals surface area contributed by atoms with Crippen molar-refractivity contribution in [2.75, 3.05) is 29.4 Å². The third-order valence-corrected chi connectivity index (χ3v) is 4.37. The lowest BCUT2D eigenvalue weighted by Crippen LogP contribution is -2.53. The molecule has 0 radical (unpaired) electrons. The number of anilines is 2. The number of rotatable bonds is 3. The molecule has 8 heteroatoms. The Kier molecular flexibility index (Phi) is 4.01. The van der Waals surface area contributed by atoms with Gasteiger partial charge in [0.15, 0.2) is 0 Å². The van der Waals surface area contributed by atoms with Gasteiger partial charge in [-0.05, 0) is 41.6 Å². The summed E-state index contributed by atoms with van der Waals surface area (Å²) in [4.78, 5) is 8.53. The zero-order chi connectivity index (χ0) is 17.2. The summed E-state index contributed by atoms with van der Waals surface area (Å²) < 4.78 is 14.8. The molecule has 1 fully saturated rings. The highest BCUT2D eigenvalue weighted by atomic mass is 19.1. The molecule has 25 heavy (non-hydrogen) atoms. The smallest absolute Gasteiger partial charge is 0.250 e. The number of hydrogen-bond donors (Lipinski definition) is 0. The van der Waals surface area contributed by atoms with Gasteiger partial charge in [-0.15, -0.1) is 0 Å². The van der Waals surface area contributed by atoms with E-state index in [4.69, 9.17) is 0 Å². The molecule has 0 spiro atoms. The molecule has 0 N–H and O–H groups in total. The van der Waals surface area contributed by atoms with Gasteiger partial charge in [0, 0.05) is 25.7 Å². The first-order valence-corrected chi connectivity index (χ1v) is 8.19. The molecule has 7 nitrogen and oxygen atoms in total. The van der Waals surface area contributed by atoms with E-state index in [2.05, 4.69) is 37.2 Å². The van der Waals surface area contributed by atoms with Gasteiger partial charge in [0.05, 0.1) is 11.9 Å². The Bertz CT molecular complexity index is 834. The Balaban J connectivity index is 1.54. The van der Waals surface area contributed by atoms with E-state index in [9.17, 15) is 4.39 Å². The molecule has 1 unspecified atom stereocenters. The summed E-state index contributed by atoms with van der Waals surface area (Å²) in [6, 6.07) is 13.2. The molecule has 3 heterocycles. The quantitative estimate of drug-likeness (QED) is 0.726. The molecule has 2 aromatic heterocycles. The zero-order valence-electron chi connectivity index (χ0n) is 13.8. The fraction of sp³-hybridized carbons (Fsp3) is 0.294. The van der Waals surface area contributed by atoms with Gasteiger partial charge in [-0.1, -0.05) is 23.3 Å². The van der Waals surface area contributed by atoms with Crippen LogP contribution >= 0.6 is 0 Å². The minimum atomic E-state index is -0.322. The zero-order valence-corrected chi connectivity index (χ0v) is 13.8. The van der Waals surface area contributed by atoms with E-state index in [0.29, 0.717) is 0 Å². The Morgan fingerprint density at radius 2 is 1.92 bits per heavy atom. The predicted molar refractivity (Wildman–Crippen MR) is 92.4 cm³/mol. The van der Waals surface area contributed by atoms with Crippen LogP contribution in [0.15, 0.2) is 48.7 Å². The van der Waals surface area contributed by atoms with Crippen molar-refractivity contribution in [1.82, 2.24) is 25.2 Å². The second-order valence-electron chi connectivity index (χ2n) is 6.05. The van der Waals surface area contributed by atoms with E-state index < -0.39 is 0 Å². The highest BCUT2D eigenvalue weighted by molar-refractivity contribution is 5.46. The number of pyridine rings is 1. The molecule has 3 aromatic rings. The molecule has 4 rings (SSSR count). The molecule has 1 aliphatic rings. The van der Waals surface area contributed by atoms with Crippen LogP contribution in [0.4, 0.5) is 16.2 Å². The molecule has 0 amide bonds. The van der Waals surface area contributed by atoms with Crippen LogP contribution in [-0.4, -0.2) is 50.9 Å². The molecule has 1 aliphatic heterocycles. The third-order valence-electron chi connectivity index (χ3n) is 4.37. The summed E-state index contributed by atoms with van der Waals surface area (Å²) in [6.07, 6.45) is 1.25. The first kappa shape index (κ1) is 15.5. The van der Waals surface area contributed by atoms with Crippen molar-refractivity contribution >= 4 is 11.8 Å². The molecule has 0 bridgehead atoms. The average Bonchev–Trinajstić information content (AvgIpc) is 3.13. The van der Waals surface area contributed by atoms with Crippen LogP contribution in [0.5, 0.6) is 0 Å². The minimum Gasteiger partial charge on any atom is -0.350 e. The maximum Gasteiger partial charge on any atom is 0.250 e. The fourth-order valence-electron chi connectivity index (χ4n) is 3.13. The maximum atomic E-state index is 13.1. The van der Waals surface area contributed by atoms with E-state index in [1.54, 1.807) is 10.7 Å². The number of benzene rings is 1. The summed E-state index contributed by atoms with van der Waals surface area (Å²) >= 11 is 0. The van der Waals surface area contributed by atoms with Crippen LogP contribution in [0.3, 0.4) is 0 Å². The van der Waals surface area contributed by atoms with Crippen LogP contribution in [0, 0.1) is 5.82 Å². The topological polar surface area (TPSA) is 63.0 Å². The van der Waals surface area contributed by atoms with Crippen molar-refractivity contribution in [2.45, 2.75) is 13.0 Å². The van der Waals surface area contributed by atoms with Gasteiger partial charge >= 0.3 is 0 Å². The van der Waals surface area contributed by atoms with Gasteiger partial charge in [0.1, 0.15) is 11.6 Å². The second-order valence-corrected chi connectivity index (χ2v) is 6.05. The second kappa shape index (κ2) is 6.46. The van der Waals surface area contributed by atoms with Gasteiger partial charge in [-0.3, -0.25) is 0 Å². The number of nitrogens with zero attached hydrogens (tertiary/aromatic N) is 7. The van der Waals surface area contributed by atoms with E-state index >= 15 is 0 Å². The van der Waals surface area contributed by atoms with E-state index in [1.165, 1.54) is 12.3 Å². The molecular weight excluding hydrogens is 321 g/mol. The van der Waals surface area contributed by atoms with E-state index in [-0.39, 0.29) is 11.9 Å². The minimum absolute atomic E-state index is 0.202. The lowest BCUT2D eigenvalue weighted by atomic mass is 10.2. The van der Waals surface area contributed by atoms with Gasteiger partial charge in [0.25, 0.3) is 5.95 Å². The normalized spacial score (nSPS) is 17.8. The molecule has 128 valence electrons. The van der Waals surface area contributed by atoms with E-state index in [1.807, 2.05) is 30.3 Å². The summed E-state index contributed by atoms with van der Waals surface area (Å²) in [5.41, 5.74) is 0.929. The Morgan fingerprint density at radius 3 is 2.64 bits per heavy atom. The fourth-order valence-corrected chi connectivity index (χ4v) is 3.13. The SMILES string of the molecule is CC1CN(c2nnnn2-c2ccccc2)CCN1c1ccc(F)cn1. The predicted octanol–water partition coefficient (Wildman–Crippen LogP) is 1.91. The number of hydrogen-bond acceptors (Lipinski definition) is 6. The van der Waals surface area contributed by atoms with Gasteiger partial charge in [-0.2, -0.15) is 4.68 Å². The van der Waals surface area contributed by atoms with Crippen molar-refractivity contribution in [3.8, 4) is 5.69 Å². The Labute approximate surface area is 144 Å². The lowest BCUT2D eigenvalue weighted by Gasteiger charge is -2.40. The highest BCUT2D eigenvalue weighted by Crippen LogP contribution is 2.22. The molecule has 1 saturated heterocycles. The maximum absolute atomic E-state index is 13.1. The standard InChI is InChI=1S/C17H18FN7/c1-13-12-23(9-10-24(13)16-8-7-14(18)11-19-16)17-20-21-22-25(17)15-5-3-2-4-6-15/h2-8,11,13H,9-10,12H2,1H3. The van der Waals surface area contributed by atoms with E-state index in [0.717, 1.165) is 37.1 Å². The molecule has 1 atom stereocenters. The Hall–Kier alpha value is -3.03. The van der Waals surface area contributed by atoms with Crippen molar-refractivity contribution in [3.63, 3.8) is 0 Å². The monoisotopic (exact) mass is 339 g/mol. The number of halogens is 1. The van der Waals surface area contributed by atoms with Crippen molar-refractivity contribution in [3.05, 3.63) is 54.5 Å². The molecular formula is C17H18FN7. The highest BCUT2D eigenvalue weighted by Gasteiger charge is 2.28. The van der Waals surface area contributed by atoms with Crippen LogP contribution < -0.4 is 9.80 Å². The van der Waals surface area contributed by atoms with Crippen molar-refractivity contribution in [1.29, 1.82) is 0 Å². The van der Waals surface area contributed by atoms with Crippen LogP contribution in [0.25, 0.3) is 5.69 Å². The number of piperazine rings is 1. The number of para-hydroxylation sites is 1. The van der Waals surface area contributed by atoms with Crippen LogP contribution in [0.2, 0.25) is 0 Å². The first-order chi connectivity index (χ1) is 12.2. The lowest BCUT2D eigenvalue weighted by molar-refractivity contribution is 0.533. The number of tetrazole rings is 1. The summed E-state index contributed by atoms with van der Waals surface area (Å²) in [6.45, 7) is 4.40. The number of aromatic nitrogens is 5. The molecule has 0 aliphatic carbocycles. The van der Waals surface area contributed by atoms with Gasteiger partial charge in [-0.25, -0.2) is 9.37 Å². The van der Waals surface area contributed by atoms with Crippen molar-refractivity contribution in [2.24, 2.45) is 0 Å². The van der Waals surface area contributed by atoms with Gasteiger partial charge < -0.3 is 9.80 Å².